The molecule has 0 heterocycles. The van der Waals surface area contributed by atoms with E-state index in [1.807, 2.05) is 20.8 Å². The van der Waals surface area contributed by atoms with Crippen molar-refractivity contribution in [3.05, 3.63) is 91.9 Å². The molecule has 3 rings (SSSR count). The van der Waals surface area contributed by atoms with Crippen LogP contribution in [0, 0.1) is 6.92 Å². The normalized spacial score (nSPS) is 12.2. The van der Waals surface area contributed by atoms with Gasteiger partial charge in [-0.05, 0) is 75.2 Å². The first-order chi connectivity index (χ1) is 19.2. The molecule has 1 N–H and O–H groups in total. The van der Waals surface area contributed by atoms with Crippen LogP contribution in [0.5, 0.6) is 0 Å². The van der Waals surface area contributed by atoms with Gasteiger partial charge in [0.1, 0.15) is 12.6 Å². The first kappa shape index (κ1) is 33.0. The Hall–Kier alpha value is -2.49. The van der Waals surface area contributed by atoms with E-state index in [1.54, 1.807) is 31.2 Å². The molecule has 3 aromatic rings. The Balaban J connectivity index is 2.13. The molecule has 1 unspecified atom stereocenters. The van der Waals surface area contributed by atoms with Gasteiger partial charge in [-0.2, -0.15) is 0 Å². The Morgan fingerprint density at radius 1 is 0.878 bits per heavy atom. The number of carbonyl (C=O) groups is 2. The lowest BCUT2D eigenvalue weighted by molar-refractivity contribution is -0.140. The van der Waals surface area contributed by atoms with Gasteiger partial charge in [-0.3, -0.25) is 13.9 Å². The lowest BCUT2D eigenvalue weighted by Crippen LogP contribution is -2.53. The number of rotatable bonds is 11. The van der Waals surface area contributed by atoms with Gasteiger partial charge in [-0.15, -0.1) is 0 Å². The van der Waals surface area contributed by atoms with Crippen molar-refractivity contribution in [3.8, 4) is 0 Å². The first-order valence-corrected chi connectivity index (χ1v) is 15.8. The standard InChI is InChI=1S/C29H31Cl4N3O4S/c1-5-26(29(38)34-18(2)3)35(16-20-8-9-21(30)14-25(20)33)28(37)17-36(27-15-22(31)10-13-24(27)32)41(39,40)23-11-6-19(4)7-12-23/h6-15,18,26H,5,16-17H2,1-4H3,(H,34,38). The van der Waals surface area contributed by atoms with Crippen molar-refractivity contribution in [2.24, 2.45) is 0 Å². The summed E-state index contributed by atoms with van der Waals surface area (Å²) in [6, 6.07) is 14.3. The third kappa shape index (κ3) is 8.30. The number of aryl methyl sites for hydroxylation is 1. The average molecular weight is 659 g/mol. The minimum absolute atomic E-state index is 0.0252. The molecular formula is C29H31Cl4N3O4S. The van der Waals surface area contributed by atoms with E-state index in [4.69, 9.17) is 46.4 Å². The molecular weight excluding hydrogens is 628 g/mol. The second-order valence-corrected chi connectivity index (χ2v) is 13.3. The maximum atomic E-state index is 14.1. The zero-order valence-corrected chi connectivity index (χ0v) is 26.8. The van der Waals surface area contributed by atoms with Crippen molar-refractivity contribution in [1.29, 1.82) is 0 Å². The van der Waals surface area contributed by atoms with Crippen molar-refractivity contribution >= 4 is 73.9 Å². The van der Waals surface area contributed by atoms with Gasteiger partial charge in [0, 0.05) is 27.7 Å². The van der Waals surface area contributed by atoms with Crippen molar-refractivity contribution in [2.75, 3.05) is 10.8 Å². The molecule has 12 heteroatoms. The maximum Gasteiger partial charge on any atom is 0.264 e. The summed E-state index contributed by atoms with van der Waals surface area (Å²) in [5.41, 5.74) is 1.42. The Bertz CT molecular complexity index is 1510. The SMILES string of the molecule is CCC(C(=O)NC(C)C)N(Cc1ccc(Cl)cc1Cl)C(=O)CN(c1cc(Cl)ccc1Cl)S(=O)(=O)c1ccc(C)cc1. The fourth-order valence-corrected chi connectivity index (χ4v) is 6.49. The summed E-state index contributed by atoms with van der Waals surface area (Å²) in [5.74, 6) is -1.02. The van der Waals surface area contributed by atoms with Crippen molar-refractivity contribution in [3.63, 3.8) is 0 Å². The zero-order valence-electron chi connectivity index (χ0n) is 23.0. The second-order valence-electron chi connectivity index (χ2n) is 9.77. The van der Waals surface area contributed by atoms with Crippen LogP contribution < -0.4 is 9.62 Å². The van der Waals surface area contributed by atoms with Crippen molar-refractivity contribution in [2.45, 2.75) is 57.6 Å². The highest BCUT2D eigenvalue weighted by Crippen LogP contribution is 2.33. The number of halogens is 4. The third-order valence-corrected chi connectivity index (χ3v) is 9.15. The lowest BCUT2D eigenvalue weighted by atomic mass is 10.1. The van der Waals surface area contributed by atoms with E-state index in [0.29, 0.717) is 15.6 Å². The summed E-state index contributed by atoms with van der Waals surface area (Å²) in [5, 5.41) is 3.86. The molecule has 1 atom stereocenters. The van der Waals surface area contributed by atoms with Crippen LogP contribution in [0.15, 0.2) is 65.6 Å². The molecule has 7 nitrogen and oxygen atoms in total. The highest BCUT2D eigenvalue weighted by Gasteiger charge is 2.35. The number of anilines is 1. The monoisotopic (exact) mass is 657 g/mol. The van der Waals surface area contributed by atoms with Gasteiger partial charge in [0.05, 0.1) is 15.6 Å². The number of nitrogens with one attached hydrogen (secondary N) is 1. The Morgan fingerprint density at radius 3 is 2.07 bits per heavy atom. The van der Waals surface area contributed by atoms with Gasteiger partial charge >= 0.3 is 0 Å². The lowest BCUT2D eigenvalue weighted by Gasteiger charge is -2.34. The van der Waals surface area contributed by atoms with E-state index < -0.39 is 28.5 Å². The minimum atomic E-state index is -4.30. The summed E-state index contributed by atoms with van der Waals surface area (Å²) >= 11 is 25.2. The first-order valence-electron chi connectivity index (χ1n) is 12.8. The Kier molecular flexibility index (Phi) is 11.4. The van der Waals surface area contributed by atoms with Crippen molar-refractivity contribution < 1.29 is 18.0 Å². The van der Waals surface area contributed by atoms with Crippen LogP contribution >= 0.6 is 46.4 Å². The fourth-order valence-electron chi connectivity index (χ4n) is 4.16. The number of carbonyl (C=O) groups excluding carboxylic acids is 2. The van der Waals surface area contributed by atoms with Gasteiger partial charge < -0.3 is 10.2 Å². The van der Waals surface area contributed by atoms with Crippen LogP contribution in [0.2, 0.25) is 20.1 Å². The molecule has 41 heavy (non-hydrogen) atoms. The van der Waals surface area contributed by atoms with E-state index in [0.717, 1.165) is 9.87 Å². The molecule has 0 aliphatic rings. The molecule has 0 aliphatic heterocycles. The average Bonchev–Trinajstić information content (AvgIpc) is 2.89. The van der Waals surface area contributed by atoms with Crippen LogP contribution in [-0.4, -0.2) is 43.8 Å². The number of nitrogens with zero attached hydrogens (tertiary/aromatic N) is 2. The van der Waals surface area contributed by atoms with Crippen LogP contribution in [0.1, 0.15) is 38.3 Å². The van der Waals surface area contributed by atoms with Gasteiger partial charge in [0.25, 0.3) is 10.0 Å². The number of hydrogen-bond donors (Lipinski definition) is 1. The Labute approximate surface area is 261 Å². The largest absolute Gasteiger partial charge is 0.352 e. The van der Waals surface area contributed by atoms with Gasteiger partial charge in [0.2, 0.25) is 11.8 Å². The summed E-state index contributed by atoms with van der Waals surface area (Å²) < 4.78 is 28.9. The smallest absolute Gasteiger partial charge is 0.264 e. The molecule has 0 fully saturated rings. The van der Waals surface area contributed by atoms with Gasteiger partial charge in [-0.25, -0.2) is 8.42 Å². The maximum absolute atomic E-state index is 14.1. The fraction of sp³-hybridized carbons (Fsp3) is 0.310. The number of sulfonamides is 1. The van der Waals surface area contributed by atoms with E-state index in [2.05, 4.69) is 5.32 Å². The predicted molar refractivity (Wildman–Crippen MR) is 167 cm³/mol. The third-order valence-electron chi connectivity index (χ3n) is 6.24. The van der Waals surface area contributed by atoms with Gasteiger partial charge in [0.15, 0.2) is 0 Å². The molecule has 3 aromatic carbocycles. The van der Waals surface area contributed by atoms with Crippen LogP contribution in [0.3, 0.4) is 0 Å². The van der Waals surface area contributed by atoms with E-state index in [-0.39, 0.29) is 45.5 Å². The highest BCUT2D eigenvalue weighted by atomic mass is 35.5. The van der Waals surface area contributed by atoms with E-state index in [9.17, 15) is 18.0 Å². The van der Waals surface area contributed by atoms with Crippen LogP contribution in [-0.2, 0) is 26.2 Å². The highest BCUT2D eigenvalue weighted by molar-refractivity contribution is 7.92. The van der Waals surface area contributed by atoms with Gasteiger partial charge in [-0.1, -0.05) is 77.1 Å². The zero-order chi connectivity index (χ0) is 30.5. The second kappa shape index (κ2) is 14.1. The quantitative estimate of drug-likeness (QED) is 0.237. The number of benzene rings is 3. The van der Waals surface area contributed by atoms with E-state index >= 15 is 0 Å². The predicted octanol–water partition coefficient (Wildman–Crippen LogP) is 7.14. The topological polar surface area (TPSA) is 86.8 Å². The van der Waals surface area contributed by atoms with Crippen molar-refractivity contribution in [1.82, 2.24) is 10.2 Å². The molecule has 2 amide bonds. The molecule has 0 saturated carbocycles. The number of hydrogen-bond acceptors (Lipinski definition) is 4. The molecule has 0 saturated heterocycles. The Morgan fingerprint density at radius 2 is 1.49 bits per heavy atom. The van der Waals surface area contributed by atoms with Crippen LogP contribution in [0.4, 0.5) is 5.69 Å². The van der Waals surface area contributed by atoms with E-state index in [1.165, 1.54) is 41.3 Å². The minimum Gasteiger partial charge on any atom is -0.352 e. The summed E-state index contributed by atoms with van der Waals surface area (Å²) in [4.78, 5) is 28.6. The van der Waals surface area contributed by atoms with Crippen LogP contribution in [0.25, 0.3) is 0 Å². The molecule has 0 spiro atoms. The summed E-state index contributed by atoms with van der Waals surface area (Å²) in [6.45, 7) is 6.49. The molecule has 0 bridgehead atoms. The molecule has 0 radical (unpaired) electrons. The number of amides is 2. The molecule has 0 aromatic heterocycles. The summed E-state index contributed by atoms with van der Waals surface area (Å²) in [7, 11) is -4.30. The molecule has 220 valence electrons. The summed E-state index contributed by atoms with van der Waals surface area (Å²) in [6.07, 6.45) is 0.262. The molecule has 0 aliphatic carbocycles.